The fourth-order valence-electron chi connectivity index (χ4n) is 4.21. The number of halogens is 3. The molecule has 2 amide bonds. The Balaban J connectivity index is 1.27. The first-order valence-corrected chi connectivity index (χ1v) is 12.5. The van der Waals surface area contributed by atoms with Crippen molar-refractivity contribution in [1.82, 2.24) is 14.7 Å². The van der Waals surface area contributed by atoms with Gasteiger partial charge in [0.15, 0.2) is 0 Å². The molecule has 1 N–H and O–H groups in total. The summed E-state index contributed by atoms with van der Waals surface area (Å²) in [6.07, 6.45) is 3.65. The number of piperidine rings is 1. The van der Waals surface area contributed by atoms with E-state index in [0.717, 1.165) is 24.3 Å². The van der Waals surface area contributed by atoms with Crippen molar-refractivity contribution in [3.63, 3.8) is 0 Å². The maximum atomic E-state index is 12.9. The number of anilines is 1. The number of likely N-dealkylation sites (tertiary alicyclic amines) is 1. The minimum Gasteiger partial charge on any atom is -0.494 e. The molecule has 2 heterocycles. The van der Waals surface area contributed by atoms with Gasteiger partial charge in [-0.15, -0.1) is 0 Å². The average molecular weight is 527 g/mol. The van der Waals surface area contributed by atoms with Crippen LogP contribution in [0, 0.1) is 0 Å². The molecule has 0 radical (unpaired) electrons. The van der Waals surface area contributed by atoms with Crippen molar-refractivity contribution in [2.45, 2.75) is 38.4 Å². The lowest BCUT2D eigenvalue weighted by atomic mass is 10.0. The summed E-state index contributed by atoms with van der Waals surface area (Å²) in [5, 5.41) is 7.02. The standard InChI is InChI=1S/C28H29F3N4O3/c1-2-16-38-25-9-7-21(8-10-25)27(37)34-14-12-24(13-15-34)35-19-23(18-32-35)33-26(36)11-6-20-4-3-5-22(17-20)28(29,30)31/h3-11,17-19,24H,2,12-16H2,1H3,(H,33,36)/b11-6+. The molecule has 4 rings (SSSR count). The summed E-state index contributed by atoms with van der Waals surface area (Å²) in [4.78, 5) is 27.0. The van der Waals surface area contributed by atoms with Gasteiger partial charge in [-0.1, -0.05) is 19.1 Å². The molecular weight excluding hydrogens is 497 g/mol. The number of nitrogens with one attached hydrogen (secondary N) is 1. The Morgan fingerprint density at radius 1 is 1.13 bits per heavy atom. The highest BCUT2D eigenvalue weighted by Crippen LogP contribution is 2.30. The maximum absolute atomic E-state index is 12.9. The summed E-state index contributed by atoms with van der Waals surface area (Å²) in [6, 6.07) is 12.0. The quantitative estimate of drug-likeness (QED) is 0.376. The number of hydrogen-bond donors (Lipinski definition) is 1. The lowest BCUT2D eigenvalue weighted by Crippen LogP contribution is -2.39. The molecule has 1 fully saturated rings. The van der Waals surface area contributed by atoms with E-state index in [0.29, 0.717) is 43.8 Å². The molecule has 0 unspecified atom stereocenters. The molecule has 0 atom stereocenters. The van der Waals surface area contributed by atoms with Crippen molar-refractivity contribution in [2.24, 2.45) is 0 Å². The van der Waals surface area contributed by atoms with Crippen LogP contribution in [0.3, 0.4) is 0 Å². The number of alkyl halides is 3. The lowest BCUT2D eigenvalue weighted by Gasteiger charge is -2.32. The van der Waals surface area contributed by atoms with Crippen LogP contribution >= 0.6 is 0 Å². The van der Waals surface area contributed by atoms with E-state index in [4.69, 9.17) is 4.74 Å². The molecule has 0 bridgehead atoms. The van der Waals surface area contributed by atoms with E-state index in [2.05, 4.69) is 10.4 Å². The van der Waals surface area contributed by atoms with Gasteiger partial charge in [0.25, 0.3) is 5.91 Å². The van der Waals surface area contributed by atoms with E-state index < -0.39 is 17.6 Å². The minimum absolute atomic E-state index is 0.0218. The molecule has 0 spiro atoms. The number of hydrogen-bond acceptors (Lipinski definition) is 4. The van der Waals surface area contributed by atoms with Crippen molar-refractivity contribution in [3.8, 4) is 5.75 Å². The van der Waals surface area contributed by atoms with Crippen LogP contribution in [0.4, 0.5) is 18.9 Å². The number of rotatable bonds is 8. The molecular formula is C28H29F3N4O3. The summed E-state index contributed by atoms with van der Waals surface area (Å²) < 4.78 is 45.9. The monoisotopic (exact) mass is 526 g/mol. The minimum atomic E-state index is -4.45. The fraction of sp³-hybridized carbons (Fsp3) is 0.321. The molecule has 200 valence electrons. The largest absolute Gasteiger partial charge is 0.494 e. The summed E-state index contributed by atoms with van der Waals surface area (Å²) in [5.41, 5.74) is 0.596. The molecule has 1 aliphatic heterocycles. The highest BCUT2D eigenvalue weighted by Gasteiger charge is 2.30. The summed E-state index contributed by atoms with van der Waals surface area (Å²) >= 11 is 0. The van der Waals surface area contributed by atoms with Gasteiger partial charge in [-0.3, -0.25) is 14.3 Å². The molecule has 1 saturated heterocycles. The van der Waals surface area contributed by atoms with E-state index in [1.54, 1.807) is 23.0 Å². The van der Waals surface area contributed by atoms with Crippen molar-refractivity contribution >= 4 is 23.6 Å². The van der Waals surface area contributed by atoms with Gasteiger partial charge >= 0.3 is 6.18 Å². The number of aromatic nitrogens is 2. The van der Waals surface area contributed by atoms with E-state index in [1.165, 1.54) is 30.5 Å². The van der Waals surface area contributed by atoms with Gasteiger partial charge in [0.2, 0.25) is 5.91 Å². The third-order valence-electron chi connectivity index (χ3n) is 6.21. The van der Waals surface area contributed by atoms with Gasteiger partial charge < -0.3 is 15.0 Å². The molecule has 38 heavy (non-hydrogen) atoms. The van der Waals surface area contributed by atoms with Gasteiger partial charge in [-0.25, -0.2) is 0 Å². The SMILES string of the molecule is CCCOc1ccc(C(=O)N2CCC(n3cc(NC(=O)/C=C/c4cccc(C(F)(F)F)c4)cn3)CC2)cc1. The van der Waals surface area contributed by atoms with Crippen molar-refractivity contribution in [2.75, 3.05) is 25.0 Å². The predicted octanol–water partition coefficient (Wildman–Crippen LogP) is 5.82. The molecule has 7 nitrogen and oxygen atoms in total. The second-order valence-corrected chi connectivity index (χ2v) is 9.05. The van der Waals surface area contributed by atoms with Crippen molar-refractivity contribution in [1.29, 1.82) is 0 Å². The first-order valence-electron chi connectivity index (χ1n) is 12.5. The zero-order valence-corrected chi connectivity index (χ0v) is 20.9. The summed E-state index contributed by atoms with van der Waals surface area (Å²) in [5.74, 6) is 0.245. The van der Waals surface area contributed by atoms with E-state index in [-0.39, 0.29) is 17.5 Å². The molecule has 2 aromatic carbocycles. The lowest BCUT2D eigenvalue weighted by molar-refractivity contribution is -0.137. The van der Waals surface area contributed by atoms with Crippen LogP contribution in [-0.4, -0.2) is 46.2 Å². The van der Waals surface area contributed by atoms with Crippen LogP contribution < -0.4 is 10.1 Å². The number of nitrogens with zero attached hydrogens (tertiary/aromatic N) is 3. The first-order chi connectivity index (χ1) is 18.2. The Kier molecular flexibility index (Phi) is 8.50. The Morgan fingerprint density at radius 2 is 1.87 bits per heavy atom. The summed E-state index contributed by atoms with van der Waals surface area (Å²) in [6.45, 7) is 3.83. The predicted molar refractivity (Wildman–Crippen MR) is 138 cm³/mol. The fourth-order valence-corrected chi connectivity index (χ4v) is 4.21. The Morgan fingerprint density at radius 3 is 2.55 bits per heavy atom. The second kappa shape index (κ2) is 12.0. The Bertz CT molecular complexity index is 1280. The number of ether oxygens (including phenoxy) is 1. The molecule has 3 aromatic rings. The zero-order chi connectivity index (χ0) is 27.1. The number of carbonyl (C=O) groups is 2. The van der Waals surface area contributed by atoms with Gasteiger partial charge in [-0.2, -0.15) is 18.3 Å². The smallest absolute Gasteiger partial charge is 0.416 e. The highest BCUT2D eigenvalue weighted by molar-refractivity contribution is 6.01. The molecule has 1 aromatic heterocycles. The first kappa shape index (κ1) is 27.0. The van der Waals surface area contributed by atoms with E-state index >= 15 is 0 Å². The van der Waals surface area contributed by atoms with Crippen molar-refractivity contribution in [3.05, 3.63) is 83.7 Å². The molecule has 0 aliphatic carbocycles. The number of amides is 2. The molecule has 1 aliphatic rings. The summed E-state index contributed by atoms with van der Waals surface area (Å²) in [7, 11) is 0. The third kappa shape index (κ3) is 7.02. The average Bonchev–Trinajstić information content (AvgIpc) is 3.39. The van der Waals surface area contributed by atoms with Crippen LogP contribution in [-0.2, 0) is 11.0 Å². The Hall–Kier alpha value is -4.08. The van der Waals surface area contributed by atoms with Gasteiger partial charge in [0.05, 0.1) is 30.1 Å². The van der Waals surface area contributed by atoms with Gasteiger partial charge in [0.1, 0.15) is 5.75 Å². The van der Waals surface area contributed by atoms with Crippen LogP contribution in [0.25, 0.3) is 6.08 Å². The van der Waals surface area contributed by atoms with E-state index in [9.17, 15) is 22.8 Å². The number of benzene rings is 2. The second-order valence-electron chi connectivity index (χ2n) is 9.05. The molecule has 10 heteroatoms. The van der Waals surface area contributed by atoms with Crippen molar-refractivity contribution < 1.29 is 27.5 Å². The van der Waals surface area contributed by atoms with Crippen LogP contribution in [0.2, 0.25) is 0 Å². The Labute approximate surface area is 218 Å². The van der Waals surface area contributed by atoms with Crippen LogP contribution in [0.1, 0.15) is 53.7 Å². The normalized spacial score (nSPS) is 14.6. The molecule has 0 saturated carbocycles. The highest BCUT2D eigenvalue weighted by atomic mass is 19.4. The topological polar surface area (TPSA) is 76.5 Å². The van der Waals surface area contributed by atoms with Gasteiger partial charge in [-0.05, 0) is 67.3 Å². The third-order valence-corrected chi connectivity index (χ3v) is 6.21. The zero-order valence-electron chi connectivity index (χ0n) is 20.9. The van der Waals surface area contributed by atoms with Gasteiger partial charge in [0, 0.05) is 30.9 Å². The van der Waals surface area contributed by atoms with E-state index in [1.807, 2.05) is 24.0 Å². The maximum Gasteiger partial charge on any atom is 0.416 e. The van der Waals surface area contributed by atoms with Crippen LogP contribution in [0.15, 0.2) is 67.0 Å². The van der Waals surface area contributed by atoms with Crippen LogP contribution in [0.5, 0.6) is 5.75 Å². The number of carbonyl (C=O) groups excluding carboxylic acids is 2.